The summed E-state index contributed by atoms with van der Waals surface area (Å²) in [5, 5.41) is 0. The zero-order valence-corrected chi connectivity index (χ0v) is 20.5. The summed E-state index contributed by atoms with van der Waals surface area (Å²) in [7, 11) is 0.345. The van der Waals surface area contributed by atoms with Crippen molar-refractivity contribution in [2.75, 3.05) is 0 Å². The Kier molecular flexibility index (Phi) is 8.71. The van der Waals surface area contributed by atoms with Gasteiger partial charge >= 0.3 is 32.2 Å². The molecule has 3 rings (SSSR count). The molecule has 0 heterocycles. The van der Waals surface area contributed by atoms with E-state index < -0.39 is 93.0 Å². The fourth-order valence-corrected chi connectivity index (χ4v) is 3.82. The molecule has 227 valence electrons. The molecule has 0 aliphatic rings. The molecule has 0 aromatic heterocycles. The number of hydrogen-bond donors (Lipinski definition) is 0. The number of rotatable bonds is 6. The van der Waals surface area contributed by atoms with E-state index in [0.29, 0.717) is 19.6 Å². The van der Waals surface area contributed by atoms with Gasteiger partial charge in [-0.15, -0.1) is 0 Å². The molecule has 1 radical (unpaired) electrons. The van der Waals surface area contributed by atoms with E-state index in [-0.39, 0.29) is 36.4 Å². The standard InChI is InChI=1S/C25H13BF15O/c1-21(42-26-17-8-18(27)20(29)19(28)9-17,12-4-15(24(36,37)38)7-16(5-12)25(39,40)41)10-11-2-13(22(30,31)32)6-14(3-11)23(33,34)35/h2-9H,10H2,1H3. The largest absolute Gasteiger partial charge is 0.425 e. The van der Waals surface area contributed by atoms with Gasteiger partial charge in [0.25, 0.3) is 0 Å². The van der Waals surface area contributed by atoms with Crippen molar-refractivity contribution in [3.8, 4) is 0 Å². The maximum absolute atomic E-state index is 13.7. The maximum atomic E-state index is 13.7. The molecule has 0 bridgehead atoms. The van der Waals surface area contributed by atoms with E-state index >= 15 is 0 Å². The van der Waals surface area contributed by atoms with Crippen LogP contribution in [-0.2, 0) is 41.4 Å². The highest BCUT2D eigenvalue weighted by molar-refractivity contribution is 6.47. The second-order valence-electron chi connectivity index (χ2n) is 9.15. The molecule has 17 heteroatoms. The molecule has 0 spiro atoms. The average Bonchev–Trinajstić information content (AvgIpc) is 2.83. The number of halogens is 15. The van der Waals surface area contributed by atoms with Crippen molar-refractivity contribution in [3.63, 3.8) is 0 Å². The zero-order valence-electron chi connectivity index (χ0n) is 20.5. The third kappa shape index (κ3) is 7.72. The molecule has 0 saturated carbocycles. The van der Waals surface area contributed by atoms with Crippen molar-refractivity contribution in [2.24, 2.45) is 0 Å². The quantitative estimate of drug-likeness (QED) is 0.152. The molecule has 3 aromatic carbocycles. The molecular formula is C25H13BF15O. The van der Waals surface area contributed by atoms with E-state index in [1.807, 2.05) is 0 Å². The minimum atomic E-state index is -5.41. The topological polar surface area (TPSA) is 9.23 Å². The second-order valence-corrected chi connectivity index (χ2v) is 9.15. The summed E-state index contributed by atoms with van der Waals surface area (Å²) in [5.41, 5.74) is -12.7. The molecule has 42 heavy (non-hydrogen) atoms. The van der Waals surface area contributed by atoms with Crippen molar-refractivity contribution in [1.82, 2.24) is 0 Å². The maximum Gasteiger partial charge on any atom is 0.416 e. The van der Waals surface area contributed by atoms with Crippen LogP contribution in [0.2, 0.25) is 0 Å². The van der Waals surface area contributed by atoms with Gasteiger partial charge in [-0.25, -0.2) is 13.2 Å². The van der Waals surface area contributed by atoms with Gasteiger partial charge in [-0.3, -0.25) is 0 Å². The monoisotopic (exact) mass is 625 g/mol. The summed E-state index contributed by atoms with van der Waals surface area (Å²) in [6.07, 6.45) is -22.8. The molecular weight excluding hydrogens is 612 g/mol. The lowest BCUT2D eigenvalue weighted by Crippen LogP contribution is -2.35. The summed E-state index contributed by atoms with van der Waals surface area (Å²) in [5.74, 6) is -5.54. The second kappa shape index (κ2) is 11.0. The highest BCUT2D eigenvalue weighted by Gasteiger charge is 2.41. The molecule has 3 aromatic rings. The Hall–Kier alpha value is -3.37. The molecule has 0 aliphatic heterocycles. The van der Waals surface area contributed by atoms with Crippen LogP contribution in [-0.4, -0.2) is 7.48 Å². The van der Waals surface area contributed by atoms with Gasteiger partial charge in [0.05, 0.1) is 27.9 Å². The van der Waals surface area contributed by atoms with Crippen LogP contribution in [0.5, 0.6) is 0 Å². The van der Waals surface area contributed by atoms with Crippen LogP contribution in [0.1, 0.15) is 40.3 Å². The van der Waals surface area contributed by atoms with Gasteiger partial charge in [0.2, 0.25) is 0 Å². The molecule has 0 saturated heterocycles. The summed E-state index contributed by atoms with van der Waals surface area (Å²) >= 11 is 0. The highest BCUT2D eigenvalue weighted by Crippen LogP contribution is 2.42. The van der Waals surface area contributed by atoms with E-state index in [2.05, 4.69) is 0 Å². The van der Waals surface area contributed by atoms with Crippen LogP contribution in [0, 0.1) is 17.5 Å². The van der Waals surface area contributed by atoms with E-state index in [1.165, 1.54) is 0 Å². The predicted octanol–water partition coefficient (Wildman–Crippen LogP) is 8.60. The number of benzene rings is 3. The molecule has 1 unspecified atom stereocenters. The lowest BCUT2D eigenvalue weighted by molar-refractivity contribution is -0.145. The van der Waals surface area contributed by atoms with Crippen LogP contribution >= 0.6 is 0 Å². The zero-order chi connectivity index (χ0) is 32.1. The van der Waals surface area contributed by atoms with Crippen molar-refractivity contribution >= 4 is 12.9 Å². The Morgan fingerprint density at radius 2 is 0.857 bits per heavy atom. The first kappa shape index (κ1) is 33.1. The molecule has 1 nitrogen and oxygen atoms in total. The smallest absolute Gasteiger partial charge is 0.416 e. The van der Waals surface area contributed by atoms with Gasteiger partial charge in [0, 0.05) is 6.42 Å². The van der Waals surface area contributed by atoms with Gasteiger partial charge < -0.3 is 4.65 Å². The van der Waals surface area contributed by atoms with Crippen molar-refractivity contribution in [2.45, 2.75) is 43.7 Å². The van der Waals surface area contributed by atoms with Crippen LogP contribution in [0.4, 0.5) is 65.9 Å². The summed E-state index contributed by atoms with van der Waals surface area (Å²) in [6.45, 7) is 0.725. The number of alkyl halides is 12. The van der Waals surface area contributed by atoms with Gasteiger partial charge in [-0.05, 0) is 72.0 Å². The van der Waals surface area contributed by atoms with Gasteiger partial charge in [-0.2, -0.15) is 52.7 Å². The summed E-state index contributed by atoms with van der Waals surface area (Å²) in [4.78, 5) is 0. The van der Waals surface area contributed by atoms with Crippen LogP contribution in [0.3, 0.4) is 0 Å². The van der Waals surface area contributed by atoms with E-state index in [1.54, 1.807) is 0 Å². The van der Waals surface area contributed by atoms with Crippen LogP contribution in [0.15, 0.2) is 48.5 Å². The highest BCUT2D eigenvalue weighted by atomic mass is 19.4. The van der Waals surface area contributed by atoms with E-state index in [9.17, 15) is 65.9 Å². The first-order valence-electron chi connectivity index (χ1n) is 11.1. The Morgan fingerprint density at radius 3 is 1.21 bits per heavy atom. The normalized spacial score (nSPS) is 14.6. The minimum absolute atomic E-state index is 0.118. The third-order valence-corrected chi connectivity index (χ3v) is 5.85. The molecule has 0 amide bonds. The van der Waals surface area contributed by atoms with Crippen LogP contribution in [0.25, 0.3) is 0 Å². The van der Waals surface area contributed by atoms with Gasteiger partial charge in [0.1, 0.15) is 0 Å². The Labute approximate surface area is 227 Å². The Bertz CT molecular complexity index is 1370. The first-order chi connectivity index (χ1) is 18.9. The molecule has 0 N–H and O–H groups in total. The Morgan fingerprint density at radius 1 is 0.524 bits per heavy atom. The van der Waals surface area contributed by atoms with E-state index in [4.69, 9.17) is 4.65 Å². The lowest BCUT2D eigenvalue weighted by Gasteiger charge is -2.33. The van der Waals surface area contributed by atoms with E-state index in [0.717, 1.165) is 6.92 Å². The predicted molar refractivity (Wildman–Crippen MR) is 117 cm³/mol. The van der Waals surface area contributed by atoms with Gasteiger partial charge in [0.15, 0.2) is 17.5 Å². The molecule has 1 atom stereocenters. The van der Waals surface area contributed by atoms with Crippen molar-refractivity contribution < 1.29 is 70.5 Å². The summed E-state index contributed by atoms with van der Waals surface area (Å²) in [6, 6.07) is 0.643. The number of hydrogen-bond acceptors (Lipinski definition) is 1. The van der Waals surface area contributed by atoms with Crippen molar-refractivity contribution in [1.29, 1.82) is 0 Å². The molecule has 0 aliphatic carbocycles. The van der Waals surface area contributed by atoms with Crippen molar-refractivity contribution in [3.05, 3.63) is 99.4 Å². The third-order valence-electron chi connectivity index (χ3n) is 5.85. The first-order valence-corrected chi connectivity index (χ1v) is 11.1. The van der Waals surface area contributed by atoms with Crippen LogP contribution < -0.4 is 5.46 Å². The molecule has 0 fully saturated rings. The SMILES string of the molecule is CC(Cc1cc(C(F)(F)F)cc(C(F)(F)F)c1)(O[B]c1cc(F)c(F)c(F)c1)c1cc(C(F)(F)F)cc(C(F)(F)F)c1. The lowest BCUT2D eigenvalue weighted by atomic mass is 9.81. The Balaban J connectivity index is 2.25. The average molecular weight is 625 g/mol. The minimum Gasteiger partial charge on any atom is -0.425 e. The van der Waals surface area contributed by atoms with Gasteiger partial charge in [-0.1, -0.05) is 0 Å². The fourth-order valence-electron chi connectivity index (χ4n) is 3.82. The fraction of sp³-hybridized carbons (Fsp3) is 0.280. The summed E-state index contributed by atoms with van der Waals surface area (Å²) < 4.78 is 207.